The molecule has 1 fully saturated rings. The molecule has 4 heteroatoms. The standard InChI is InChI=1S/C32H33N3O/c1-2-3-12-26-27-20-22-10-5-7-14-24(22)28(27)29(25-15-8-11-21-9-4-6-13-23(21)25)31(30(26)32(33)36)35-18-16-34-17-19-35/h4-11,13-15,34H,2-3,12,16-20H2,1H3,(H2,33,36). The highest BCUT2D eigenvalue weighted by molar-refractivity contribution is 6.13. The third-order valence-corrected chi connectivity index (χ3v) is 7.86. The van der Waals surface area contributed by atoms with E-state index in [4.69, 9.17) is 5.73 Å². The molecule has 36 heavy (non-hydrogen) atoms. The van der Waals surface area contributed by atoms with Gasteiger partial charge in [0.15, 0.2) is 0 Å². The second kappa shape index (κ2) is 9.44. The maximum atomic E-state index is 13.3. The zero-order valence-corrected chi connectivity index (χ0v) is 20.9. The maximum Gasteiger partial charge on any atom is 0.251 e. The quantitative estimate of drug-likeness (QED) is 0.320. The van der Waals surface area contributed by atoms with Gasteiger partial charge in [0.2, 0.25) is 0 Å². The summed E-state index contributed by atoms with van der Waals surface area (Å²) in [5.74, 6) is -0.310. The second-order valence-corrected chi connectivity index (χ2v) is 10.00. The Bertz CT molecular complexity index is 1460. The Hall–Kier alpha value is -3.63. The van der Waals surface area contributed by atoms with E-state index in [1.54, 1.807) is 0 Å². The van der Waals surface area contributed by atoms with Gasteiger partial charge in [0.05, 0.1) is 11.3 Å². The van der Waals surface area contributed by atoms with Gasteiger partial charge in [0.1, 0.15) is 0 Å². The van der Waals surface area contributed by atoms with Crippen LogP contribution >= 0.6 is 0 Å². The summed E-state index contributed by atoms with van der Waals surface area (Å²) >= 11 is 0. The Balaban J connectivity index is 1.78. The molecule has 0 aromatic heterocycles. The van der Waals surface area contributed by atoms with Crippen LogP contribution in [-0.4, -0.2) is 32.1 Å². The van der Waals surface area contributed by atoms with Gasteiger partial charge in [-0.05, 0) is 63.4 Å². The fraction of sp³-hybridized carbons (Fsp3) is 0.281. The fourth-order valence-corrected chi connectivity index (χ4v) is 6.25. The molecule has 1 aliphatic heterocycles. The Morgan fingerprint density at radius 1 is 0.917 bits per heavy atom. The number of rotatable bonds is 6. The first-order chi connectivity index (χ1) is 17.7. The fourth-order valence-electron chi connectivity index (χ4n) is 6.25. The molecule has 1 heterocycles. The van der Waals surface area contributed by atoms with Crippen LogP contribution in [0.4, 0.5) is 5.69 Å². The number of carbonyl (C=O) groups excluding carboxylic acids is 1. The summed E-state index contributed by atoms with van der Waals surface area (Å²) < 4.78 is 0. The van der Waals surface area contributed by atoms with Crippen LogP contribution in [0.3, 0.4) is 0 Å². The van der Waals surface area contributed by atoms with Gasteiger partial charge in [-0.25, -0.2) is 0 Å². The highest BCUT2D eigenvalue weighted by atomic mass is 16.1. The number of hydrogen-bond donors (Lipinski definition) is 2. The molecule has 0 radical (unpaired) electrons. The highest BCUT2D eigenvalue weighted by Gasteiger charge is 2.34. The molecule has 2 aliphatic rings. The lowest BCUT2D eigenvalue weighted by atomic mass is 9.82. The van der Waals surface area contributed by atoms with Crippen LogP contribution < -0.4 is 16.0 Å². The van der Waals surface area contributed by atoms with Crippen LogP contribution in [0.5, 0.6) is 0 Å². The molecule has 4 aromatic rings. The van der Waals surface area contributed by atoms with Crippen LogP contribution in [0.1, 0.15) is 46.8 Å². The van der Waals surface area contributed by atoms with Crippen LogP contribution in [0, 0.1) is 0 Å². The van der Waals surface area contributed by atoms with Crippen molar-refractivity contribution in [2.75, 3.05) is 31.1 Å². The molecule has 3 N–H and O–H groups in total. The predicted octanol–water partition coefficient (Wildman–Crippen LogP) is 5.93. The number of benzene rings is 4. The SMILES string of the molecule is CCCCc1c2c(c(-c3cccc4ccccc34)c(N3CCNCC3)c1C(N)=O)-c1ccccc1C2. The summed E-state index contributed by atoms with van der Waals surface area (Å²) in [6.45, 7) is 5.70. The average Bonchev–Trinajstić information content (AvgIpc) is 3.30. The van der Waals surface area contributed by atoms with E-state index < -0.39 is 0 Å². The molecule has 1 saturated heterocycles. The van der Waals surface area contributed by atoms with Gasteiger partial charge in [-0.2, -0.15) is 0 Å². The lowest BCUT2D eigenvalue weighted by Crippen LogP contribution is -2.44. The highest BCUT2D eigenvalue weighted by Crippen LogP contribution is 2.52. The van der Waals surface area contributed by atoms with E-state index in [1.807, 2.05) is 0 Å². The molecule has 1 amide bonds. The Labute approximate surface area is 213 Å². The van der Waals surface area contributed by atoms with Crippen molar-refractivity contribution in [3.63, 3.8) is 0 Å². The van der Waals surface area contributed by atoms with Crippen molar-refractivity contribution >= 4 is 22.4 Å². The number of nitrogens with two attached hydrogens (primary N) is 1. The molecule has 1 aliphatic carbocycles. The summed E-state index contributed by atoms with van der Waals surface area (Å²) in [4.78, 5) is 15.8. The van der Waals surface area contributed by atoms with Crippen molar-refractivity contribution in [2.24, 2.45) is 5.73 Å². The lowest BCUT2D eigenvalue weighted by Gasteiger charge is -2.35. The summed E-state index contributed by atoms with van der Waals surface area (Å²) in [6, 6.07) is 23.9. The minimum atomic E-state index is -0.310. The molecule has 0 bridgehead atoms. The number of piperazine rings is 1. The van der Waals surface area contributed by atoms with Crippen molar-refractivity contribution in [1.29, 1.82) is 0 Å². The molecule has 6 rings (SSSR count). The minimum Gasteiger partial charge on any atom is -0.368 e. The van der Waals surface area contributed by atoms with Crippen molar-refractivity contribution in [1.82, 2.24) is 5.32 Å². The van der Waals surface area contributed by atoms with Crippen molar-refractivity contribution in [3.8, 4) is 22.3 Å². The number of carbonyl (C=O) groups is 1. The van der Waals surface area contributed by atoms with Gasteiger partial charge in [0.25, 0.3) is 5.91 Å². The van der Waals surface area contributed by atoms with Crippen LogP contribution in [0.15, 0.2) is 66.7 Å². The third-order valence-electron chi connectivity index (χ3n) is 7.86. The van der Waals surface area contributed by atoms with Gasteiger partial charge in [-0.15, -0.1) is 0 Å². The number of nitrogens with zero attached hydrogens (tertiary/aromatic N) is 1. The average molecular weight is 476 g/mol. The zero-order chi connectivity index (χ0) is 24.6. The van der Waals surface area contributed by atoms with Crippen LogP contribution in [-0.2, 0) is 12.8 Å². The first-order valence-electron chi connectivity index (χ1n) is 13.2. The summed E-state index contributed by atoms with van der Waals surface area (Å²) in [5, 5.41) is 5.89. The smallest absolute Gasteiger partial charge is 0.251 e. The van der Waals surface area contributed by atoms with Crippen LogP contribution in [0.25, 0.3) is 33.0 Å². The summed E-state index contributed by atoms with van der Waals surface area (Å²) in [6.07, 6.45) is 3.84. The molecule has 4 aromatic carbocycles. The number of amides is 1. The summed E-state index contributed by atoms with van der Waals surface area (Å²) in [5.41, 5.74) is 16.8. The van der Waals surface area contributed by atoms with E-state index in [9.17, 15) is 4.79 Å². The normalized spacial score (nSPS) is 14.6. The first kappa shape index (κ1) is 22.8. The molecular formula is C32H33N3O. The van der Waals surface area contributed by atoms with E-state index in [2.05, 4.69) is 83.9 Å². The largest absolute Gasteiger partial charge is 0.368 e. The van der Waals surface area contributed by atoms with E-state index in [1.165, 1.54) is 44.2 Å². The van der Waals surface area contributed by atoms with Crippen molar-refractivity contribution in [2.45, 2.75) is 32.6 Å². The Morgan fingerprint density at radius 3 is 2.44 bits per heavy atom. The molecule has 4 nitrogen and oxygen atoms in total. The van der Waals surface area contributed by atoms with E-state index in [-0.39, 0.29) is 5.91 Å². The zero-order valence-electron chi connectivity index (χ0n) is 20.9. The van der Waals surface area contributed by atoms with E-state index >= 15 is 0 Å². The number of unbranched alkanes of at least 4 members (excludes halogenated alkanes) is 1. The van der Waals surface area contributed by atoms with E-state index in [0.29, 0.717) is 0 Å². The molecule has 0 spiro atoms. The van der Waals surface area contributed by atoms with E-state index in [0.717, 1.165) is 68.7 Å². The second-order valence-electron chi connectivity index (χ2n) is 10.00. The van der Waals surface area contributed by atoms with Gasteiger partial charge < -0.3 is 16.0 Å². The number of primary amides is 1. The monoisotopic (exact) mass is 475 g/mol. The van der Waals surface area contributed by atoms with Gasteiger partial charge in [-0.3, -0.25) is 4.79 Å². The molecule has 0 atom stereocenters. The predicted molar refractivity (Wildman–Crippen MR) is 150 cm³/mol. The molecule has 0 saturated carbocycles. The maximum absolute atomic E-state index is 13.3. The number of hydrogen-bond acceptors (Lipinski definition) is 3. The lowest BCUT2D eigenvalue weighted by molar-refractivity contribution is 0.0999. The van der Waals surface area contributed by atoms with Gasteiger partial charge in [-0.1, -0.05) is 80.1 Å². The topological polar surface area (TPSA) is 58.4 Å². The molecule has 182 valence electrons. The van der Waals surface area contributed by atoms with Crippen LogP contribution in [0.2, 0.25) is 0 Å². The summed E-state index contributed by atoms with van der Waals surface area (Å²) in [7, 11) is 0. The third kappa shape index (κ3) is 3.68. The molecule has 0 unspecified atom stereocenters. The molecular weight excluding hydrogens is 442 g/mol. The minimum absolute atomic E-state index is 0.310. The van der Waals surface area contributed by atoms with Crippen molar-refractivity contribution in [3.05, 3.63) is 89.0 Å². The van der Waals surface area contributed by atoms with Gasteiger partial charge >= 0.3 is 0 Å². The Morgan fingerprint density at radius 2 is 1.64 bits per heavy atom. The van der Waals surface area contributed by atoms with Gasteiger partial charge in [0, 0.05) is 31.7 Å². The number of nitrogens with one attached hydrogen (secondary N) is 1. The Kier molecular flexibility index (Phi) is 5.98. The number of anilines is 1. The first-order valence-corrected chi connectivity index (χ1v) is 13.2. The number of fused-ring (bicyclic) bond motifs is 4. The van der Waals surface area contributed by atoms with Crippen molar-refractivity contribution < 1.29 is 4.79 Å².